The van der Waals surface area contributed by atoms with Crippen LogP contribution in [-0.2, 0) is 27.2 Å². The van der Waals surface area contributed by atoms with Gasteiger partial charge < -0.3 is 9.84 Å². The number of esters is 1. The summed E-state index contributed by atoms with van der Waals surface area (Å²) in [5, 5.41) is 9.75. The zero-order valence-electron chi connectivity index (χ0n) is 23.2. The Morgan fingerprint density at radius 3 is 2.16 bits per heavy atom. The summed E-state index contributed by atoms with van der Waals surface area (Å²) >= 11 is 0. The number of carbonyl (C=O) groups is 2. The molecule has 38 heavy (non-hydrogen) atoms. The lowest BCUT2D eigenvalue weighted by Gasteiger charge is -2.33. The Balaban J connectivity index is 1.22. The number of aliphatic carboxylic acids is 1. The molecule has 1 saturated carbocycles. The first-order chi connectivity index (χ1) is 18.6. The van der Waals surface area contributed by atoms with E-state index in [0.717, 1.165) is 43.2 Å². The van der Waals surface area contributed by atoms with Gasteiger partial charge in [0.1, 0.15) is 6.10 Å². The fourth-order valence-corrected chi connectivity index (χ4v) is 6.42. The van der Waals surface area contributed by atoms with Crippen molar-refractivity contribution in [2.45, 2.75) is 115 Å². The summed E-state index contributed by atoms with van der Waals surface area (Å²) in [6, 6.07) is 17.0. The van der Waals surface area contributed by atoms with Crippen molar-refractivity contribution in [2.24, 2.45) is 11.8 Å². The average molecular weight is 519 g/mol. The van der Waals surface area contributed by atoms with Gasteiger partial charge in [0.05, 0.1) is 11.8 Å². The smallest absolute Gasteiger partial charge is 0.310 e. The number of hydrogen-bond acceptors (Lipinski definition) is 3. The monoisotopic (exact) mass is 518 g/mol. The van der Waals surface area contributed by atoms with Gasteiger partial charge in [0.15, 0.2) is 0 Å². The first-order valence-electron chi connectivity index (χ1n) is 15.2. The molecule has 0 saturated heterocycles. The molecule has 2 unspecified atom stereocenters. The molecular formula is C34H46O4. The number of rotatable bonds is 13. The predicted molar refractivity (Wildman–Crippen MR) is 152 cm³/mol. The molecule has 4 rings (SSSR count). The highest BCUT2D eigenvalue weighted by Gasteiger charge is 2.39. The quantitative estimate of drug-likeness (QED) is 0.213. The van der Waals surface area contributed by atoms with Crippen molar-refractivity contribution in [1.82, 2.24) is 0 Å². The number of aryl methyl sites for hydroxylation is 2. The molecule has 2 aliphatic rings. The van der Waals surface area contributed by atoms with Crippen molar-refractivity contribution in [1.29, 1.82) is 0 Å². The first kappa shape index (κ1) is 28.4. The van der Waals surface area contributed by atoms with Crippen LogP contribution in [0.3, 0.4) is 0 Å². The fourth-order valence-electron chi connectivity index (χ4n) is 6.42. The second kappa shape index (κ2) is 14.5. The summed E-state index contributed by atoms with van der Waals surface area (Å²) < 4.78 is 5.95. The number of fused-ring (bicyclic) bond motifs is 1. The van der Waals surface area contributed by atoms with Crippen LogP contribution in [0.4, 0.5) is 0 Å². The molecule has 1 N–H and O–H groups in total. The van der Waals surface area contributed by atoms with Crippen LogP contribution in [0.1, 0.15) is 125 Å². The molecule has 206 valence electrons. The Morgan fingerprint density at radius 2 is 1.47 bits per heavy atom. The van der Waals surface area contributed by atoms with Gasteiger partial charge in [0.2, 0.25) is 0 Å². The van der Waals surface area contributed by atoms with Crippen molar-refractivity contribution in [3.8, 4) is 0 Å². The van der Waals surface area contributed by atoms with E-state index in [1.807, 2.05) is 24.3 Å². The van der Waals surface area contributed by atoms with E-state index in [1.54, 1.807) is 0 Å². The van der Waals surface area contributed by atoms with Crippen molar-refractivity contribution < 1.29 is 19.4 Å². The molecule has 0 spiro atoms. The molecule has 2 aromatic carbocycles. The number of unbranched alkanes of at least 4 members (excludes halogenated alkanes) is 7. The van der Waals surface area contributed by atoms with E-state index in [-0.39, 0.29) is 11.9 Å². The van der Waals surface area contributed by atoms with Gasteiger partial charge in [0.25, 0.3) is 0 Å². The molecular weight excluding hydrogens is 472 g/mol. The maximum absolute atomic E-state index is 13.1. The van der Waals surface area contributed by atoms with Gasteiger partial charge in [0, 0.05) is 0 Å². The number of carboxylic acid groups (broad SMARTS) is 1. The maximum atomic E-state index is 13.1. The van der Waals surface area contributed by atoms with Gasteiger partial charge in [-0.15, -0.1) is 0 Å². The molecule has 2 atom stereocenters. The largest absolute Gasteiger partial charge is 0.481 e. The lowest BCUT2D eigenvalue weighted by molar-refractivity contribution is -0.164. The Hall–Kier alpha value is -2.62. The SMILES string of the molecule is CCCCCCCCCCc1ccc(C2CCC(C(=O)OC3c4ccccc4CCC3C(=O)O)CC2)cc1. The van der Waals surface area contributed by atoms with Crippen molar-refractivity contribution >= 4 is 11.9 Å². The highest BCUT2D eigenvalue weighted by Crippen LogP contribution is 2.41. The number of hydrogen-bond donors (Lipinski definition) is 1. The average Bonchev–Trinajstić information content (AvgIpc) is 2.95. The molecule has 2 aromatic rings. The second-order valence-electron chi connectivity index (χ2n) is 11.6. The molecule has 2 aliphatic carbocycles. The normalized spacial score (nSPS) is 23.0. The van der Waals surface area contributed by atoms with E-state index in [9.17, 15) is 14.7 Å². The third-order valence-electron chi connectivity index (χ3n) is 8.84. The second-order valence-corrected chi connectivity index (χ2v) is 11.6. The summed E-state index contributed by atoms with van der Waals surface area (Å²) in [6.07, 6.45) is 16.1. The highest BCUT2D eigenvalue weighted by atomic mass is 16.5. The van der Waals surface area contributed by atoms with E-state index in [1.165, 1.54) is 62.5 Å². The number of carbonyl (C=O) groups excluding carboxylic acids is 1. The first-order valence-corrected chi connectivity index (χ1v) is 15.2. The molecule has 0 radical (unpaired) electrons. The molecule has 4 nitrogen and oxygen atoms in total. The van der Waals surface area contributed by atoms with Crippen LogP contribution < -0.4 is 0 Å². The van der Waals surface area contributed by atoms with Crippen LogP contribution in [-0.4, -0.2) is 17.0 Å². The molecule has 1 fully saturated rings. The Kier molecular flexibility index (Phi) is 10.8. The minimum atomic E-state index is -0.883. The zero-order valence-corrected chi connectivity index (χ0v) is 23.2. The van der Waals surface area contributed by atoms with Crippen molar-refractivity contribution in [3.63, 3.8) is 0 Å². The topological polar surface area (TPSA) is 63.6 Å². The Bertz CT molecular complexity index is 1020. The van der Waals surface area contributed by atoms with Gasteiger partial charge in [-0.1, -0.05) is 100 Å². The molecule has 0 aromatic heterocycles. The van der Waals surface area contributed by atoms with Gasteiger partial charge in [-0.25, -0.2) is 0 Å². The summed E-state index contributed by atoms with van der Waals surface area (Å²) in [6.45, 7) is 2.27. The Labute approximate surface area is 229 Å². The molecule has 0 heterocycles. The summed E-state index contributed by atoms with van der Waals surface area (Å²) in [4.78, 5) is 25.0. The van der Waals surface area contributed by atoms with Gasteiger partial charge in [-0.2, -0.15) is 0 Å². The van der Waals surface area contributed by atoms with E-state index >= 15 is 0 Å². The molecule has 0 amide bonds. The summed E-state index contributed by atoms with van der Waals surface area (Å²) in [5.41, 5.74) is 4.76. The van der Waals surface area contributed by atoms with Gasteiger partial charge in [-0.05, 0) is 79.5 Å². The van der Waals surface area contributed by atoms with Gasteiger partial charge >= 0.3 is 11.9 Å². The minimum Gasteiger partial charge on any atom is -0.481 e. The van der Waals surface area contributed by atoms with E-state index in [4.69, 9.17) is 4.74 Å². The van der Waals surface area contributed by atoms with Crippen LogP contribution >= 0.6 is 0 Å². The maximum Gasteiger partial charge on any atom is 0.310 e. The third-order valence-corrected chi connectivity index (χ3v) is 8.84. The van der Waals surface area contributed by atoms with E-state index in [2.05, 4.69) is 31.2 Å². The van der Waals surface area contributed by atoms with Gasteiger partial charge in [-0.3, -0.25) is 9.59 Å². The van der Waals surface area contributed by atoms with Crippen LogP contribution in [0, 0.1) is 11.8 Å². The molecule has 0 bridgehead atoms. The van der Waals surface area contributed by atoms with E-state index in [0.29, 0.717) is 18.8 Å². The standard InChI is InChI=1S/C34H46O4/c1-2-3-4-5-6-7-8-9-12-25-15-17-26(18-16-25)27-19-21-29(22-20-27)34(37)38-32-30-14-11-10-13-28(30)23-24-31(32)33(35)36/h10-11,13-18,27,29,31-32H,2-9,12,19-24H2,1H3,(H,35,36). The lowest BCUT2D eigenvalue weighted by atomic mass is 9.78. The predicted octanol–water partition coefficient (Wildman–Crippen LogP) is 8.58. The Morgan fingerprint density at radius 1 is 0.816 bits per heavy atom. The number of carboxylic acids is 1. The third kappa shape index (κ3) is 7.71. The summed E-state index contributed by atoms with van der Waals surface area (Å²) in [7, 11) is 0. The highest BCUT2D eigenvalue weighted by molar-refractivity contribution is 5.75. The molecule has 4 heteroatoms. The fraction of sp³-hybridized carbons (Fsp3) is 0.588. The van der Waals surface area contributed by atoms with E-state index < -0.39 is 18.0 Å². The van der Waals surface area contributed by atoms with Crippen molar-refractivity contribution in [2.75, 3.05) is 0 Å². The van der Waals surface area contributed by atoms with Crippen LogP contribution in [0.5, 0.6) is 0 Å². The van der Waals surface area contributed by atoms with Crippen molar-refractivity contribution in [3.05, 3.63) is 70.8 Å². The zero-order chi connectivity index (χ0) is 26.7. The van der Waals surface area contributed by atoms with Crippen LogP contribution in [0.25, 0.3) is 0 Å². The number of ether oxygens (including phenoxy) is 1. The van der Waals surface area contributed by atoms with Crippen LogP contribution in [0.2, 0.25) is 0 Å². The number of benzene rings is 2. The summed E-state index contributed by atoms with van der Waals surface area (Å²) in [5.74, 6) is -1.44. The van der Waals surface area contributed by atoms with Crippen LogP contribution in [0.15, 0.2) is 48.5 Å². The lowest BCUT2D eigenvalue weighted by Crippen LogP contribution is -2.33. The molecule has 0 aliphatic heterocycles. The minimum absolute atomic E-state index is 0.143.